The largest absolute Gasteiger partial charge is 0.493 e. The Bertz CT molecular complexity index is 909. The Morgan fingerprint density at radius 2 is 1.60 bits per heavy atom. The molecule has 1 atom stereocenters. The van der Waals surface area contributed by atoms with E-state index in [0.717, 1.165) is 17.4 Å². The molecule has 0 aliphatic carbocycles. The average molecular weight is 438 g/mol. The maximum atomic E-state index is 12.0. The minimum Gasteiger partial charge on any atom is -0.493 e. The van der Waals surface area contributed by atoms with Crippen molar-refractivity contribution in [2.75, 3.05) is 26.5 Å². The van der Waals surface area contributed by atoms with Crippen LogP contribution < -0.4 is 8.92 Å². The van der Waals surface area contributed by atoms with Gasteiger partial charge in [0.2, 0.25) is 0 Å². The van der Waals surface area contributed by atoms with Gasteiger partial charge in [0.15, 0.2) is 0 Å². The van der Waals surface area contributed by atoms with Crippen molar-refractivity contribution >= 4 is 16.0 Å². The summed E-state index contributed by atoms with van der Waals surface area (Å²) in [5.41, 5.74) is 1.87. The minimum atomic E-state index is -3.53. The maximum Gasteiger partial charge on any atom is 0.306 e. The van der Waals surface area contributed by atoms with Gasteiger partial charge in [0.25, 0.3) is 5.91 Å². The number of nitrogens with zero attached hydrogens (tertiary/aromatic N) is 1. The van der Waals surface area contributed by atoms with Gasteiger partial charge in [-0.15, -0.1) is 0 Å². The molecule has 164 valence electrons. The number of rotatable bonds is 11. The minimum absolute atomic E-state index is 0.272. The Morgan fingerprint density at radius 1 is 1.03 bits per heavy atom. The smallest absolute Gasteiger partial charge is 0.306 e. The van der Waals surface area contributed by atoms with Gasteiger partial charge in [0.05, 0.1) is 12.9 Å². The molecule has 0 aromatic heterocycles. The third-order valence-corrected chi connectivity index (χ3v) is 4.63. The highest BCUT2D eigenvalue weighted by atomic mass is 32.2. The number of hydrogen-bond acceptors (Lipinski definition) is 7. The van der Waals surface area contributed by atoms with Crippen molar-refractivity contribution < 1.29 is 32.1 Å². The first-order valence-electron chi connectivity index (χ1n) is 9.46. The Kier molecular flexibility index (Phi) is 8.64. The third-order valence-electron chi connectivity index (χ3n) is 4.14. The quantitative estimate of drug-likeness (QED) is 0.327. The highest BCUT2D eigenvalue weighted by Gasteiger charge is 2.22. The summed E-state index contributed by atoms with van der Waals surface area (Å²) in [4.78, 5) is 12.0. The lowest BCUT2D eigenvalue weighted by Crippen LogP contribution is -2.37. The lowest BCUT2D eigenvalue weighted by atomic mass is 10.1. The summed E-state index contributed by atoms with van der Waals surface area (Å²) in [6.07, 6.45) is 1.25. The molecular weight excluding hydrogens is 410 g/mol. The van der Waals surface area contributed by atoms with E-state index in [4.69, 9.17) is 13.7 Å². The lowest BCUT2D eigenvalue weighted by molar-refractivity contribution is -0.171. The van der Waals surface area contributed by atoms with Crippen LogP contribution in [0.2, 0.25) is 0 Å². The first-order valence-corrected chi connectivity index (χ1v) is 11.3. The number of carbonyl (C=O) groups is 1. The van der Waals surface area contributed by atoms with Gasteiger partial charge in [-0.2, -0.15) is 8.42 Å². The van der Waals surface area contributed by atoms with Crippen LogP contribution in [0, 0.1) is 0 Å². The second-order valence-corrected chi connectivity index (χ2v) is 8.26. The van der Waals surface area contributed by atoms with Gasteiger partial charge >= 0.3 is 10.1 Å². The molecule has 0 saturated carbocycles. The Labute approximate surface area is 177 Å². The number of ether oxygens (including phenoxy) is 2. The molecule has 0 radical (unpaired) electrons. The molecule has 2 rings (SSSR count). The van der Waals surface area contributed by atoms with E-state index in [1.807, 2.05) is 24.3 Å². The van der Waals surface area contributed by atoms with Gasteiger partial charge in [0.1, 0.15) is 17.6 Å². The first kappa shape index (κ1) is 23.7. The predicted octanol–water partition coefficient (Wildman–Crippen LogP) is 2.44. The van der Waals surface area contributed by atoms with E-state index in [2.05, 4.69) is 0 Å². The van der Waals surface area contributed by atoms with Crippen molar-refractivity contribution in [1.29, 1.82) is 0 Å². The highest BCUT2D eigenvalue weighted by molar-refractivity contribution is 7.86. The van der Waals surface area contributed by atoms with Crippen molar-refractivity contribution in [3.05, 3.63) is 59.7 Å². The van der Waals surface area contributed by atoms with Crippen LogP contribution in [0.25, 0.3) is 0 Å². The summed E-state index contributed by atoms with van der Waals surface area (Å²) in [7, 11) is -2.26. The molecule has 8 nitrogen and oxygen atoms in total. The molecule has 2 aromatic carbocycles. The van der Waals surface area contributed by atoms with E-state index in [1.54, 1.807) is 31.2 Å². The molecule has 0 saturated heterocycles. The summed E-state index contributed by atoms with van der Waals surface area (Å²) in [5.74, 6) is 0.466. The Morgan fingerprint density at radius 3 is 2.13 bits per heavy atom. The van der Waals surface area contributed by atoms with Gasteiger partial charge < -0.3 is 13.7 Å². The van der Waals surface area contributed by atoms with Crippen molar-refractivity contribution in [3.63, 3.8) is 0 Å². The van der Waals surface area contributed by atoms with E-state index < -0.39 is 22.1 Å². The number of hydrogen-bond donors (Lipinski definition) is 1. The molecular formula is C21H27NO7S. The van der Waals surface area contributed by atoms with Crippen LogP contribution in [0.4, 0.5) is 0 Å². The van der Waals surface area contributed by atoms with Crippen LogP contribution in [-0.2, 0) is 32.5 Å². The predicted molar refractivity (Wildman–Crippen MR) is 111 cm³/mol. The van der Waals surface area contributed by atoms with E-state index in [-0.39, 0.29) is 5.75 Å². The van der Waals surface area contributed by atoms with Crippen molar-refractivity contribution in [2.45, 2.75) is 25.9 Å². The lowest BCUT2D eigenvalue weighted by Gasteiger charge is -2.19. The van der Waals surface area contributed by atoms with Gasteiger partial charge in [-0.1, -0.05) is 24.3 Å². The van der Waals surface area contributed by atoms with Crippen molar-refractivity contribution in [2.24, 2.45) is 0 Å². The maximum absolute atomic E-state index is 12.0. The molecule has 0 unspecified atom stereocenters. The van der Waals surface area contributed by atoms with E-state index in [0.29, 0.717) is 36.9 Å². The molecule has 1 N–H and O–H groups in total. The average Bonchev–Trinajstić information content (AvgIpc) is 2.68. The summed E-state index contributed by atoms with van der Waals surface area (Å²) >= 11 is 0. The van der Waals surface area contributed by atoms with Crippen LogP contribution >= 0.6 is 0 Å². The summed E-state index contributed by atoms with van der Waals surface area (Å²) in [6, 6.07) is 14.1. The fourth-order valence-electron chi connectivity index (χ4n) is 2.74. The molecule has 9 heteroatoms. The normalized spacial score (nSPS) is 12.3. The molecule has 0 aliphatic heterocycles. The summed E-state index contributed by atoms with van der Waals surface area (Å²) < 4.78 is 38.2. The van der Waals surface area contributed by atoms with E-state index in [1.165, 1.54) is 7.05 Å². The van der Waals surface area contributed by atoms with Crippen LogP contribution in [0.3, 0.4) is 0 Å². The second kappa shape index (κ2) is 11.0. The van der Waals surface area contributed by atoms with Crippen molar-refractivity contribution in [1.82, 2.24) is 5.06 Å². The Balaban J connectivity index is 1.85. The Hall–Kier alpha value is -2.62. The molecule has 0 spiro atoms. The molecule has 30 heavy (non-hydrogen) atoms. The number of carbonyl (C=O) groups excluding carboxylic acids is 1. The molecule has 1 amide bonds. The third kappa shape index (κ3) is 8.02. The van der Waals surface area contributed by atoms with Gasteiger partial charge in [-0.05, 0) is 42.3 Å². The van der Waals surface area contributed by atoms with Gasteiger partial charge in [-0.25, -0.2) is 5.06 Å². The second-order valence-electron chi connectivity index (χ2n) is 6.68. The van der Waals surface area contributed by atoms with E-state index >= 15 is 0 Å². The van der Waals surface area contributed by atoms with Crippen molar-refractivity contribution in [3.8, 4) is 11.5 Å². The zero-order chi connectivity index (χ0) is 22.1. The standard InChI is InChI=1S/C21H27NO7S/c1-4-27-20(21(23)22(2)24)15-17-7-9-18(10-8-17)28-14-13-16-5-11-19(12-6-16)29-30(3,25)26/h5-12,20,24H,4,13-15H2,1-3H3/t20-/m1/s1. The van der Waals surface area contributed by atoms with Crippen LogP contribution in [0.1, 0.15) is 18.1 Å². The summed E-state index contributed by atoms with van der Waals surface area (Å²) in [6.45, 7) is 2.61. The topological polar surface area (TPSA) is 102 Å². The summed E-state index contributed by atoms with van der Waals surface area (Å²) in [5, 5.41) is 9.89. The molecule has 0 heterocycles. The number of amides is 1. The number of benzene rings is 2. The van der Waals surface area contributed by atoms with Crippen LogP contribution in [-0.4, -0.2) is 57.2 Å². The van der Waals surface area contributed by atoms with E-state index in [9.17, 15) is 18.4 Å². The zero-order valence-electron chi connectivity index (χ0n) is 17.3. The monoisotopic (exact) mass is 437 g/mol. The SMILES string of the molecule is CCO[C@H](Cc1ccc(OCCc2ccc(OS(C)(=O)=O)cc2)cc1)C(=O)N(C)O. The number of likely N-dealkylation sites (N-methyl/N-ethyl adjacent to an activating group) is 1. The van der Waals surface area contributed by atoms with Crippen LogP contribution in [0.5, 0.6) is 11.5 Å². The molecule has 0 fully saturated rings. The fourth-order valence-corrected chi connectivity index (χ4v) is 3.20. The number of hydroxylamine groups is 2. The molecule has 0 bridgehead atoms. The molecule has 0 aliphatic rings. The zero-order valence-corrected chi connectivity index (χ0v) is 18.1. The van der Waals surface area contributed by atoms with Gasteiger partial charge in [0, 0.05) is 26.5 Å². The highest BCUT2D eigenvalue weighted by Crippen LogP contribution is 2.17. The van der Waals surface area contributed by atoms with Crippen LogP contribution in [0.15, 0.2) is 48.5 Å². The molecule has 2 aromatic rings. The fraction of sp³-hybridized carbons (Fsp3) is 0.381. The first-order chi connectivity index (χ1) is 14.2. The van der Waals surface area contributed by atoms with Gasteiger partial charge in [-0.3, -0.25) is 10.0 Å².